The average molecular weight is 575 g/mol. The van der Waals surface area contributed by atoms with E-state index in [9.17, 15) is 19.2 Å². The Labute approximate surface area is 237 Å². The molecule has 0 aliphatic carbocycles. The Morgan fingerprint density at radius 2 is 1.80 bits per heavy atom. The minimum atomic E-state index is -0.895. The van der Waals surface area contributed by atoms with Crippen LogP contribution in [-0.4, -0.2) is 41.5 Å². The van der Waals surface area contributed by atoms with Gasteiger partial charge >= 0.3 is 11.8 Å². The van der Waals surface area contributed by atoms with Crippen LogP contribution in [0.1, 0.15) is 42.6 Å². The molecular weight excluding hydrogens is 552 g/mol. The summed E-state index contributed by atoms with van der Waals surface area (Å²) in [5.74, 6) is -1.91. The number of nitrogens with one attached hydrogen (secondary N) is 1. The summed E-state index contributed by atoms with van der Waals surface area (Å²) in [6.07, 6.45) is 3.37. The van der Waals surface area contributed by atoms with Gasteiger partial charge in [-0.05, 0) is 55.0 Å². The van der Waals surface area contributed by atoms with Gasteiger partial charge in [-0.2, -0.15) is 5.10 Å². The third-order valence-electron chi connectivity index (χ3n) is 6.49. The smallest absolute Gasteiger partial charge is 0.454 e. The van der Waals surface area contributed by atoms with Crippen molar-refractivity contribution in [2.24, 2.45) is 0 Å². The third-order valence-corrected chi connectivity index (χ3v) is 6.82. The summed E-state index contributed by atoms with van der Waals surface area (Å²) in [5.41, 5.74) is 3.64. The highest BCUT2D eigenvalue weighted by Gasteiger charge is 2.20. The molecule has 0 bridgehead atoms. The van der Waals surface area contributed by atoms with E-state index in [1.165, 1.54) is 24.0 Å². The number of aromatic nitrogens is 2. The quantitative estimate of drug-likeness (QED) is 0.281. The molecule has 2 amide bonds. The van der Waals surface area contributed by atoms with Crippen LogP contribution >= 0.6 is 11.6 Å². The fourth-order valence-electron chi connectivity index (χ4n) is 4.19. The molecule has 0 fully saturated rings. The zero-order chi connectivity index (χ0) is 29.3. The van der Waals surface area contributed by atoms with Crippen LogP contribution in [0.15, 0.2) is 80.6 Å². The van der Waals surface area contributed by atoms with Gasteiger partial charge in [0.2, 0.25) is 0 Å². The number of benzene rings is 2. The lowest BCUT2D eigenvalue weighted by molar-refractivity contribution is 0.0443. The summed E-state index contributed by atoms with van der Waals surface area (Å²) in [6.45, 7) is 1.18. The summed E-state index contributed by atoms with van der Waals surface area (Å²) in [7, 11) is 3.14. The van der Waals surface area contributed by atoms with Crippen LogP contribution in [0, 0.1) is 6.92 Å². The minimum absolute atomic E-state index is 0.0287. The number of anilines is 1. The highest BCUT2D eigenvalue weighted by atomic mass is 35.5. The molecule has 11 nitrogen and oxygen atoms in total. The average Bonchev–Trinajstić information content (AvgIpc) is 3.56. The van der Waals surface area contributed by atoms with E-state index in [2.05, 4.69) is 10.4 Å². The Balaban J connectivity index is 1.38. The molecule has 0 aliphatic rings. The van der Waals surface area contributed by atoms with Crippen LogP contribution in [0.4, 0.5) is 5.69 Å². The second-order valence-corrected chi connectivity index (χ2v) is 9.41. The van der Waals surface area contributed by atoms with Gasteiger partial charge in [-0.15, -0.1) is 0 Å². The first-order chi connectivity index (χ1) is 19.7. The van der Waals surface area contributed by atoms with Crippen molar-refractivity contribution >= 4 is 40.6 Å². The molecule has 1 N–H and O–H groups in total. The van der Waals surface area contributed by atoms with E-state index >= 15 is 0 Å². The van der Waals surface area contributed by atoms with E-state index in [0.29, 0.717) is 22.3 Å². The maximum Gasteiger partial charge on any atom is 0.519 e. The fourth-order valence-corrected chi connectivity index (χ4v) is 4.38. The number of carbonyl (C=O) groups is 3. The molecule has 0 spiro atoms. The number of ether oxygens (including phenoxy) is 1. The molecule has 3 aromatic heterocycles. The van der Waals surface area contributed by atoms with Gasteiger partial charge in [-0.1, -0.05) is 23.7 Å². The van der Waals surface area contributed by atoms with E-state index in [-0.39, 0.29) is 40.5 Å². The topological polar surface area (TPSA) is 136 Å². The number of hydrogen-bond acceptors (Lipinski definition) is 8. The van der Waals surface area contributed by atoms with Crippen molar-refractivity contribution in [3.63, 3.8) is 0 Å². The Bertz CT molecular complexity index is 1850. The Hall–Kier alpha value is -5.16. The van der Waals surface area contributed by atoms with Gasteiger partial charge in [0, 0.05) is 42.7 Å². The largest absolute Gasteiger partial charge is 0.519 e. The third kappa shape index (κ3) is 5.48. The van der Waals surface area contributed by atoms with Crippen molar-refractivity contribution in [2.75, 3.05) is 19.0 Å². The molecule has 41 heavy (non-hydrogen) atoms. The molecule has 0 unspecified atom stereocenters. The van der Waals surface area contributed by atoms with Crippen molar-refractivity contribution in [1.29, 1.82) is 0 Å². The van der Waals surface area contributed by atoms with E-state index in [1.54, 1.807) is 61.3 Å². The summed E-state index contributed by atoms with van der Waals surface area (Å²) < 4.78 is 16.5. The normalized spacial score (nSPS) is 10.9. The van der Waals surface area contributed by atoms with Crippen molar-refractivity contribution in [3.05, 3.63) is 111 Å². The van der Waals surface area contributed by atoms with Crippen LogP contribution in [-0.2, 0) is 11.3 Å². The molecule has 0 atom stereocenters. The standard InChI is InChI=1S/C29H23ClN4O7/c1-16-25(41-29(38)40-16)15-39-28(37)21-13-20(8-9-23(21)30)33(3)27(36)19-10-11-34-24(12-19)22(14-32-34)17-4-6-18(7-5-17)26(35)31-2/h4-14H,15H2,1-3H3,(H,31,35). The lowest BCUT2D eigenvalue weighted by atomic mass is 10.0. The molecule has 2 aromatic carbocycles. The summed E-state index contributed by atoms with van der Waals surface area (Å²) in [4.78, 5) is 50.7. The molecule has 3 heterocycles. The van der Waals surface area contributed by atoms with Gasteiger partial charge < -0.3 is 23.8 Å². The summed E-state index contributed by atoms with van der Waals surface area (Å²) in [6, 6.07) is 15.0. The Morgan fingerprint density at radius 1 is 1.05 bits per heavy atom. The number of nitrogens with zero attached hydrogens (tertiary/aromatic N) is 3. The van der Waals surface area contributed by atoms with E-state index in [1.807, 2.05) is 12.1 Å². The first kappa shape index (κ1) is 27.4. The number of rotatable bonds is 7. The maximum atomic E-state index is 13.5. The zero-order valence-corrected chi connectivity index (χ0v) is 22.9. The van der Waals surface area contributed by atoms with E-state index < -0.39 is 11.8 Å². The summed E-state index contributed by atoms with van der Waals surface area (Å²) in [5, 5.41) is 7.09. The van der Waals surface area contributed by atoms with Crippen LogP contribution < -0.4 is 16.0 Å². The molecule has 12 heteroatoms. The second-order valence-electron chi connectivity index (χ2n) is 9.00. The first-order valence-electron chi connectivity index (χ1n) is 12.3. The molecule has 0 radical (unpaired) electrons. The molecular formula is C29H23ClN4O7. The second kappa shape index (κ2) is 11.1. The predicted molar refractivity (Wildman–Crippen MR) is 149 cm³/mol. The SMILES string of the molecule is CNC(=O)c1ccc(-c2cnn3ccc(C(=O)N(C)c4ccc(Cl)c(C(=O)OCc5oc(=O)oc5C)c4)cc23)cc1. The number of pyridine rings is 1. The van der Waals surface area contributed by atoms with Gasteiger partial charge in [-0.25, -0.2) is 14.1 Å². The van der Waals surface area contributed by atoms with Gasteiger partial charge in [0.25, 0.3) is 11.8 Å². The number of halogens is 1. The van der Waals surface area contributed by atoms with E-state index in [4.69, 9.17) is 25.2 Å². The van der Waals surface area contributed by atoms with Gasteiger partial charge in [0.15, 0.2) is 18.1 Å². The Morgan fingerprint density at radius 3 is 2.49 bits per heavy atom. The van der Waals surface area contributed by atoms with E-state index in [0.717, 1.165) is 11.1 Å². The van der Waals surface area contributed by atoms with Crippen molar-refractivity contribution in [3.8, 4) is 11.1 Å². The first-order valence-corrected chi connectivity index (χ1v) is 12.7. The number of amides is 2. The molecule has 208 valence electrons. The van der Waals surface area contributed by atoms with Crippen LogP contribution in [0.2, 0.25) is 5.02 Å². The lowest BCUT2D eigenvalue weighted by Gasteiger charge is -2.19. The van der Waals surface area contributed by atoms with Crippen molar-refractivity contribution in [2.45, 2.75) is 13.5 Å². The number of aryl methyl sites for hydroxylation is 1. The van der Waals surface area contributed by atoms with Crippen LogP contribution in [0.3, 0.4) is 0 Å². The number of hydrogen-bond donors (Lipinski definition) is 1. The maximum absolute atomic E-state index is 13.5. The van der Waals surface area contributed by atoms with Crippen molar-refractivity contribution < 1.29 is 28.0 Å². The van der Waals surface area contributed by atoms with Crippen LogP contribution in [0.25, 0.3) is 16.6 Å². The minimum Gasteiger partial charge on any atom is -0.454 e. The van der Waals surface area contributed by atoms with Crippen molar-refractivity contribution in [1.82, 2.24) is 14.9 Å². The number of esters is 1. The molecule has 5 aromatic rings. The highest BCUT2D eigenvalue weighted by Crippen LogP contribution is 2.28. The molecule has 5 rings (SSSR count). The zero-order valence-electron chi connectivity index (χ0n) is 22.1. The molecule has 0 saturated heterocycles. The highest BCUT2D eigenvalue weighted by molar-refractivity contribution is 6.33. The molecule has 0 aliphatic heterocycles. The number of fused-ring (bicyclic) bond motifs is 1. The van der Waals surface area contributed by atoms with Gasteiger partial charge in [0.1, 0.15) is 0 Å². The fraction of sp³-hybridized carbons (Fsp3) is 0.138. The molecule has 0 saturated carbocycles. The monoisotopic (exact) mass is 574 g/mol. The number of carbonyl (C=O) groups excluding carboxylic acids is 3. The lowest BCUT2D eigenvalue weighted by Crippen LogP contribution is -2.26. The summed E-state index contributed by atoms with van der Waals surface area (Å²) >= 11 is 6.25. The van der Waals surface area contributed by atoms with Gasteiger partial charge in [-0.3, -0.25) is 9.59 Å². The predicted octanol–water partition coefficient (Wildman–Crippen LogP) is 4.50. The Kier molecular flexibility index (Phi) is 7.45. The van der Waals surface area contributed by atoms with Crippen LogP contribution in [0.5, 0.6) is 0 Å². The van der Waals surface area contributed by atoms with Gasteiger partial charge in [0.05, 0.1) is 22.3 Å².